The zero-order valence-electron chi connectivity index (χ0n) is 53.4. The Morgan fingerprint density at radius 2 is 0.805 bits per heavy atom. The number of aliphatic hydroxyl groups excluding tert-OH is 8. The molecular weight excluding hydrogens is 1100 g/mol. The highest BCUT2D eigenvalue weighted by Crippen LogP contribution is 2.30. The summed E-state index contributed by atoms with van der Waals surface area (Å²) in [7, 11) is 0. The molecule has 2 saturated heterocycles. The Labute approximate surface area is 525 Å². The molecule has 2 aliphatic heterocycles. The molecule has 494 valence electrons. The van der Waals surface area contributed by atoms with Gasteiger partial charge in [-0.3, -0.25) is 4.79 Å². The van der Waals surface area contributed by atoms with Crippen LogP contribution in [0, 0.1) is 0 Å². The minimum Gasteiger partial charge on any atom is -0.394 e. The smallest absolute Gasteiger partial charge is 0.220 e. The largest absolute Gasteiger partial charge is 0.394 e. The molecular formula is C73H119NO13. The van der Waals surface area contributed by atoms with Crippen LogP contribution in [0.5, 0.6) is 0 Å². The van der Waals surface area contributed by atoms with Crippen LogP contribution < -0.4 is 5.32 Å². The van der Waals surface area contributed by atoms with Crippen molar-refractivity contribution in [2.24, 2.45) is 0 Å². The van der Waals surface area contributed by atoms with Gasteiger partial charge in [0.25, 0.3) is 0 Å². The Hall–Kier alpha value is -4.13. The van der Waals surface area contributed by atoms with Crippen molar-refractivity contribution in [1.82, 2.24) is 5.32 Å². The summed E-state index contributed by atoms with van der Waals surface area (Å²) in [6.07, 6.45) is 67.4. The molecule has 12 atom stereocenters. The van der Waals surface area contributed by atoms with Gasteiger partial charge in [0, 0.05) is 6.42 Å². The van der Waals surface area contributed by atoms with Gasteiger partial charge in [-0.2, -0.15) is 0 Å². The Kier molecular flexibility index (Phi) is 50.7. The Balaban J connectivity index is 1.76. The minimum absolute atomic E-state index is 0.219. The van der Waals surface area contributed by atoms with E-state index in [0.29, 0.717) is 12.8 Å². The van der Waals surface area contributed by atoms with Gasteiger partial charge >= 0.3 is 0 Å². The summed E-state index contributed by atoms with van der Waals surface area (Å²) in [5, 5.41) is 87.3. The third kappa shape index (κ3) is 40.3. The van der Waals surface area contributed by atoms with Gasteiger partial charge in [0.15, 0.2) is 12.6 Å². The molecule has 2 aliphatic rings. The van der Waals surface area contributed by atoms with Gasteiger partial charge in [0.2, 0.25) is 5.91 Å². The number of amides is 1. The molecule has 0 aromatic rings. The SMILES string of the molecule is CC/C=C\C/C=C\C/C=C\C/C=C\C/C=C\C/C=C\C/C=C\C/C=C\C/C=C\CCCCCC(=O)NC(COC1OC(CO)C(OC2OC(CO)C(O)C(O)C2O)C(O)C1O)C(O)/C=C/CC/C=C/CC/C=C/CCCCCCCCCCCCCC. The first-order valence-corrected chi connectivity index (χ1v) is 33.6. The highest BCUT2D eigenvalue weighted by Gasteiger charge is 2.51. The summed E-state index contributed by atoms with van der Waals surface area (Å²) >= 11 is 0. The second kappa shape index (κ2) is 55.9. The van der Waals surface area contributed by atoms with Gasteiger partial charge in [-0.1, -0.05) is 237 Å². The Morgan fingerprint density at radius 1 is 0.425 bits per heavy atom. The van der Waals surface area contributed by atoms with Crippen LogP contribution in [0.3, 0.4) is 0 Å². The molecule has 1 amide bonds. The molecule has 0 aromatic carbocycles. The lowest BCUT2D eigenvalue weighted by atomic mass is 9.97. The maximum Gasteiger partial charge on any atom is 0.220 e. The molecule has 2 rings (SSSR count). The van der Waals surface area contributed by atoms with Crippen molar-refractivity contribution in [3.8, 4) is 0 Å². The standard InChI is InChI=1S/C73H119NO13/c1-3-5-7-9-11-13-15-17-19-21-23-25-27-28-29-30-31-32-33-34-35-37-39-41-43-45-47-49-51-53-55-57-65(78)74-61(60-84-72-70(83)68(81)71(64(59-76)86-72)87-73-69(82)67(80)66(79)63(58-75)85-73)62(77)56-54-52-50-48-46-44-42-40-38-36-26-24-22-20-18-16-14-12-10-8-6-4-2/h5,7,11,13,17,19,23,25,28-29,31-32,34-35,38-41,45-48,54,56,61-64,66-73,75-77,79-83H,3-4,6,8-10,12,14-16,18,20-22,24,26-27,30,33,36-37,42-44,49-53,55,57-60H2,1-2H3,(H,74,78)/b7-5-,13-11-,19-17-,25-23-,29-28-,32-31-,35-34-,40-38+,41-39-,47-45-,48-46+,56-54+. The van der Waals surface area contributed by atoms with Crippen LogP contribution in [-0.4, -0.2) is 140 Å². The van der Waals surface area contributed by atoms with E-state index in [4.69, 9.17) is 18.9 Å². The number of rotatable bonds is 52. The van der Waals surface area contributed by atoms with Crippen LogP contribution in [0.15, 0.2) is 146 Å². The quantitative estimate of drug-likeness (QED) is 0.0204. The summed E-state index contributed by atoms with van der Waals surface area (Å²) in [4.78, 5) is 13.3. The van der Waals surface area contributed by atoms with Crippen molar-refractivity contribution in [2.75, 3.05) is 19.8 Å². The molecule has 14 heteroatoms. The number of nitrogens with one attached hydrogen (secondary N) is 1. The van der Waals surface area contributed by atoms with Crippen LogP contribution >= 0.6 is 0 Å². The van der Waals surface area contributed by atoms with E-state index >= 15 is 0 Å². The molecule has 0 saturated carbocycles. The highest BCUT2D eigenvalue weighted by atomic mass is 16.7. The molecule has 14 nitrogen and oxygen atoms in total. The van der Waals surface area contributed by atoms with E-state index in [-0.39, 0.29) is 18.9 Å². The maximum absolute atomic E-state index is 13.3. The number of carbonyl (C=O) groups is 1. The molecule has 0 spiro atoms. The van der Waals surface area contributed by atoms with Crippen molar-refractivity contribution in [2.45, 2.75) is 286 Å². The Bertz CT molecular complexity index is 2020. The van der Waals surface area contributed by atoms with Crippen molar-refractivity contribution in [3.05, 3.63) is 146 Å². The molecule has 0 radical (unpaired) electrons. The zero-order valence-corrected chi connectivity index (χ0v) is 53.4. The van der Waals surface area contributed by atoms with Gasteiger partial charge in [-0.05, 0) is 116 Å². The highest BCUT2D eigenvalue weighted by molar-refractivity contribution is 5.76. The molecule has 0 aliphatic carbocycles. The minimum atomic E-state index is -1.80. The normalized spacial score (nSPS) is 24.3. The molecule has 12 unspecified atom stereocenters. The predicted octanol–water partition coefficient (Wildman–Crippen LogP) is 13.3. The van der Waals surface area contributed by atoms with Crippen molar-refractivity contribution < 1.29 is 64.6 Å². The number of allylic oxidation sites excluding steroid dienone is 23. The van der Waals surface area contributed by atoms with E-state index in [1.807, 2.05) is 6.08 Å². The number of hydrogen-bond acceptors (Lipinski definition) is 13. The maximum atomic E-state index is 13.3. The third-order valence-corrected chi connectivity index (χ3v) is 15.2. The van der Waals surface area contributed by atoms with E-state index < -0.39 is 86.8 Å². The summed E-state index contributed by atoms with van der Waals surface area (Å²) in [6.45, 7) is 2.63. The number of hydrogen-bond donors (Lipinski definition) is 9. The Morgan fingerprint density at radius 3 is 1.26 bits per heavy atom. The summed E-state index contributed by atoms with van der Waals surface area (Å²) in [6, 6.07) is -0.969. The lowest BCUT2D eigenvalue weighted by molar-refractivity contribution is -0.359. The van der Waals surface area contributed by atoms with Gasteiger partial charge in [-0.25, -0.2) is 0 Å². The van der Waals surface area contributed by atoms with Crippen LogP contribution in [-0.2, 0) is 23.7 Å². The summed E-state index contributed by atoms with van der Waals surface area (Å²) in [5.41, 5.74) is 0. The lowest BCUT2D eigenvalue weighted by Crippen LogP contribution is -2.65. The van der Waals surface area contributed by atoms with E-state index in [0.717, 1.165) is 103 Å². The monoisotopic (exact) mass is 1220 g/mol. The molecule has 2 fully saturated rings. The first-order valence-electron chi connectivity index (χ1n) is 33.6. The van der Waals surface area contributed by atoms with Crippen LogP contribution in [0.2, 0.25) is 0 Å². The first kappa shape index (κ1) is 79.0. The van der Waals surface area contributed by atoms with Crippen LogP contribution in [0.25, 0.3) is 0 Å². The second-order valence-electron chi connectivity index (χ2n) is 22.8. The summed E-state index contributed by atoms with van der Waals surface area (Å²) in [5.74, 6) is -0.291. The topological polar surface area (TPSA) is 228 Å². The van der Waals surface area contributed by atoms with Crippen LogP contribution in [0.4, 0.5) is 0 Å². The first-order chi connectivity index (χ1) is 42.6. The number of ether oxygens (including phenoxy) is 4. The van der Waals surface area contributed by atoms with Gasteiger partial charge in [0.05, 0.1) is 32.0 Å². The molecule has 9 N–H and O–H groups in total. The molecule has 0 bridgehead atoms. The second-order valence-corrected chi connectivity index (χ2v) is 22.8. The summed E-state index contributed by atoms with van der Waals surface area (Å²) < 4.78 is 22.8. The molecule has 87 heavy (non-hydrogen) atoms. The van der Waals surface area contributed by atoms with E-state index in [9.17, 15) is 45.6 Å². The average molecular weight is 1220 g/mol. The van der Waals surface area contributed by atoms with E-state index in [1.165, 1.54) is 77.0 Å². The average Bonchev–Trinajstić information content (AvgIpc) is 2.33. The van der Waals surface area contributed by atoms with E-state index in [2.05, 4.69) is 153 Å². The van der Waals surface area contributed by atoms with Crippen molar-refractivity contribution in [3.63, 3.8) is 0 Å². The fourth-order valence-corrected chi connectivity index (χ4v) is 9.90. The van der Waals surface area contributed by atoms with Crippen LogP contribution in [0.1, 0.15) is 213 Å². The number of carbonyl (C=O) groups excluding carboxylic acids is 1. The van der Waals surface area contributed by atoms with E-state index in [1.54, 1.807) is 6.08 Å². The lowest BCUT2D eigenvalue weighted by Gasteiger charge is -2.46. The number of unbranched alkanes of at least 4 members (excludes halogenated alkanes) is 17. The van der Waals surface area contributed by atoms with Gasteiger partial charge < -0.3 is 65.1 Å². The van der Waals surface area contributed by atoms with Crippen molar-refractivity contribution in [1.29, 1.82) is 0 Å². The molecule has 2 heterocycles. The predicted molar refractivity (Wildman–Crippen MR) is 354 cm³/mol. The van der Waals surface area contributed by atoms with Gasteiger partial charge in [-0.15, -0.1) is 0 Å². The number of aliphatic hydroxyl groups is 8. The van der Waals surface area contributed by atoms with Crippen molar-refractivity contribution >= 4 is 5.91 Å². The fourth-order valence-electron chi connectivity index (χ4n) is 9.90. The molecule has 0 aromatic heterocycles. The zero-order chi connectivity index (χ0) is 63.1. The van der Waals surface area contributed by atoms with Gasteiger partial charge in [0.1, 0.15) is 48.8 Å². The third-order valence-electron chi connectivity index (χ3n) is 15.2. The fraction of sp³-hybridized carbons (Fsp3) is 0.658.